The number of piperazine rings is 1. The number of halogens is 5. The molecule has 1 aliphatic rings. The Morgan fingerprint density at radius 1 is 1.18 bits per heavy atom. The van der Waals surface area contributed by atoms with E-state index in [1.165, 1.54) is 6.07 Å². The fraction of sp³-hybridized carbons (Fsp3) is 0.571. The standard InChI is InChI=1S/C14H18F4N2S.ClH/c15-6-5-12(20-9-7-19-8-10-20)11-3-1-2-4-13(11)21-14(16,17)18;/h1-4,12,19H,5-10H2;1H/t12-;/m0./s1. The third kappa shape index (κ3) is 5.61. The topological polar surface area (TPSA) is 15.3 Å². The maximum absolute atomic E-state index is 12.9. The summed E-state index contributed by atoms with van der Waals surface area (Å²) in [4.78, 5) is 2.23. The van der Waals surface area contributed by atoms with Crippen LogP contribution < -0.4 is 5.32 Å². The summed E-state index contributed by atoms with van der Waals surface area (Å²) in [6.07, 6.45) is 0.218. The predicted molar refractivity (Wildman–Crippen MR) is 83.4 cm³/mol. The second-order valence-electron chi connectivity index (χ2n) is 4.87. The van der Waals surface area contributed by atoms with Gasteiger partial charge in [-0.05, 0) is 29.8 Å². The van der Waals surface area contributed by atoms with Gasteiger partial charge in [0.1, 0.15) is 0 Å². The first kappa shape index (κ1) is 19.5. The number of benzene rings is 1. The second kappa shape index (κ2) is 8.96. The molecule has 1 saturated heterocycles. The van der Waals surface area contributed by atoms with Crippen LogP contribution >= 0.6 is 24.2 Å². The molecule has 0 aliphatic carbocycles. The number of hydrogen-bond donors (Lipinski definition) is 1. The van der Waals surface area contributed by atoms with Gasteiger partial charge in [-0.3, -0.25) is 9.29 Å². The van der Waals surface area contributed by atoms with Crippen molar-refractivity contribution in [3.8, 4) is 0 Å². The van der Waals surface area contributed by atoms with Crippen LogP contribution in [0.25, 0.3) is 0 Å². The Bertz CT molecular complexity index is 453. The summed E-state index contributed by atoms with van der Waals surface area (Å²) in [7, 11) is 0. The van der Waals surface area contributed by atoms with Gasteiger partial charge in [-0.1, -0.05) is 18.2 Å². The highest BCUT2D eigenvalue weighted by Crippen LogP contribution is 2.41. The number of thioether (sulfide) groups is 1. The first-order chi connectivity index (χ1) is 10.0. The van der Waals surface area contributed by atoms with E-state index in [4.69, 9.17) is 0 Å². The van der Waals surface area contributed by atoms with Crippen LogP contribution in [0.1, 0.15) is 18.0 Å². The minimum Gasteiger partial charge on any atom is -0.314 e. The Hall–Kier alpha value is -0.500. The molecule has 22 heavy (non-hydrogen) atoms. The zero-order valence-electron chi connectivity index (χ0n) is 11.9. The van der Waals surface area contributed by atoms with Gasteiger partial charge >= 0.3 is 5.51 Å². The van der Waals surface area contributed by atoms with Crippen LogP contribution in [0, 0.1) is 0 Å². The van der Waals surface area contributed by atoms with E-state index in [1.54, 1.807) is 18.2 Å². The molecule has 1 N–H and O–H groups in total. The number of hydrogen-bond acceptors (Lipinski definition) is 3. The molecule has 1 atom stereocenters. The molecule has 0 spiro atoms. The molecule has 0 unspecified atom stereocenters. The van der Waals surface area contributed by atoms with E-state index < -0.39 is 12.2 Å². The highest BCUT2D eigenvalue weighted by Gasteiger charge is 2.32. The van der Waals surface area contributed by atoms with Crippen molar-refractivity contribution in [3.63, 3.8) is 0 Å². The normalized spacial score (nSPS) is 17.8. The van der Waals surface area contributed by atoms with Gasteiger partial charge in [0, 0.05) is 37.1 Å². The van der Waals surface area contributed by atoms with E-state index in [1.807, 2.05) is 0 Å². The number of rotatable bonds is 5. The Labute approximate surface area is 138 Å². The first-order valence-electron chi connectivity index (χ1n) is 6.86. The molecule has 0 amide bonds. The van der Waals surface area contributed by atoms with Crippen LogP contribution in [0.3, 0.4) is 0 Å². The molecule has 1 heterocycles. The lowest BCUT2D eigenvalue weighted by molar-refractivity contribution is -0.0328. The molecule has 8 heteroatoms. The summed E-state index contributed by atoms with van der Waals surface area (Å²) in [6, 6.07) is 6.13. The van der Waals surface area contributed by atoms with Gasteiger partial charge < -0.3 is 5.32 Å². The third-order valence-corrected chi connectivity index (χ3v) is 4.30. The zero-order valence-corrected chi connectivity index (χ0v) is 13.5. The highest BCUT2D eigenvalue weighted by molar-refractivity contribution is 8.00. The van der Waals surface area contributed by atoms with Crippen molar-refractivity contribution in [2.75, 3.05) is 32.9 Å². The number of nitrogens with one attached hydrogen (secondary N) is 1. The summed E-state index contributed by atoms with van der Waals surface area (Å²) in [5.74, 6) is 0. The van der Waals surface area contributed by atoms with Gasteiger partial charge in [-0.2, -0.15) is 13.2 Å². The van der Waals surface area contributed by atoms with Crippen LogP contribution in [0.2, 0.25) is 0 Å². The fourth-order valence-corrected chi connectivity index (χ4v) is 3.32. The average molecular weight is 359 g/mol. The molecule has 126 valence electrons. The summed E-state index contributed by atoms with van der Waals surface area (Å²) >= 11 is -0.119. The smallest absolute Gasteiger partial charge is 0.314 e. The fourth-order valence-electron chi connectivity index (χ4n) is 2.61. The van der Waals surface area contributed by atoms with E-state index in [9.17, 15) is 17.6 Å². The van der Waals surface area contributed by atoms with Crippen LogP contribution in [0.4, 0.5) is 17.6 Å². The van der Waals surface area contributed by atoms with Crippen LogP contribution in [-0.2, 0) is 0 Å². The van der Waals surface area contributed by atoms with Gasteiger partial charge in [-0.25, -0.2) is 0 Å². The molecule has 0 bridgehead atoms. The van der Waals surface area contributed by atoms with Crippen molar-refractivity contribution in [1.82, 2.24) is 10.2 Å². The van der Waals surface area contributed by atoms with Gasteiger partial charge in [0.05, 0.1) is 6.67 Å². The van der Waals surface area contributed by atoms with Crippen LogP contribution in [-0.4, -0.2) is 43.3 Å². The minimum absolute atomic E-state index is 0. The Balaban J connectivity index is 0.00000242. The van der Waals surface area contributed by atoms with E-state index in [0.29, 0.717) is 5.56 Å². The molecule has 1 fully saturated rings. The number of nitrogens with zero attached hydrogens (tertiary/aromatic N) is 1. The summed E-state index contributed by atoms with van der Waals surface area (Å²) < 4.78 is 50.9. The Kier molecular flexibility index (Phi) is 7.96. The molecular weight excluding hydrogens is 340 g/mol. The van der Waals surface area contributed by atoms with E-state index >= 15 is 0 Å². The maximum atomic E-state index is 12.9. The first-order valence-corrected chi connectivity index (χ1v) is 7.68. The van der Waals surface area contributed by atoms with Gasteiger partial charge in [-0.15, -0.1) is 12.4 Å². The van der Waals surface area contributed by atoms with E-state index in [2.05, 4.69) is 10.2 Å². The van der Waals surface area contributed by atoms with Crippen molar-refractivity contribution < 1.29 is 17.6 Å². The summed E-state index contributed by atoms with van der Waals surface area (Å²) in [5.41, 5.74) is -3.76. The largest absolute Gasteiger partial charge is 0.446 e. The SMILES string of the molecule is Cl.FCC[C@@H](c1ccccc1SC(F)(F)F)N1CCNCC1. The Morgan fingerprint density at radius 3 is 2.41 bits per heavy atom. The van der Waals surface area contributed by atoms with Gasteiger partial charge in [0.2, 0.25) is 0 Å². The predicted octanol–water partition coefficient (Wildman–Crippen LogP) is 4.03. The van der Waals surface area contributed by atoms with Crippen LogP contribution in [0.15, 0.2) is 29.2 Å². The quantitative estimate of drug-likeness (QED) is 0.632. The van der Waals surface area contributed by atoms with Crippen LogP contribution in [0.5, 0.6) is 0 Å². The van der Waals surface area contributed by atoms with Crippen molar-refractivity contribution in [2.24, 2.45) is 0 Å². The minimum atomic E-state index is -4.33. The van der Waals surface area contributed by atoms with Crippen molar-refractivity contribution in [2.45, 2.75) is 22.9 Å². The van der Waals surface area contributed by atoms with E-state index in [0.717, 1.165) is 26.2 Å². The molecular formula is C14H19ClF4N2S. The molecule has 0 radical (unpaired) electrons. The average Bonchev–Trinajstić information content (AvgIpc) is 2.45. The number of alkyl halides is 4. The van der Waals surface area contributed by atoms with Gasteiger partial charge in [0.25, 0.3) is 0 Å². The maximum Gasteiger partial charge on any atom is 0.446 e. The molecule has 0 aromatic heterocycles. The molecule has 2 rings (SSSR count). The lowest BCUT2D eigenvalue weighted by Crippen LogP contribution is -2.45. The summed E-state index contributed by atoms with van der Waals surface area (Å²) in [6.45, 7) is 2.44. The lowest BCUT2D eigenvalue weighted by Gasteiger charge is -2.35. The highest BCUT2D eigenvalue weighted by atomic mass is 35.5. The van der Waals surface area contributed by atoms with Gasteiger partial charge in [0.15, 0.2) is 0 Å². The summed E-state index contributed by atoms with van der Waals surface area (Å²) in [5, 5.41) is 3.20. The molecule has 2 nitrogen and oxygen atoms in total. The van der Waals surface area contributed by atoms with Crippen molar-refractivity contribution in [1.29, 1.82) is 0 Å². The molecule has 0 saturated carbocycles. The monoisotopic (exact) mass is 358 g/mol. The lowest BCUT2D eigenvalue weighted by atomic mass is 10.0. The molecule has 1 aliphatic heterocycles. The van der Waals surface area contributed by atoms with Crippen molar-refractivity contribution in [3.05, 3.63) is 29.8 Å². The second-order valence-corrected chi connectivity index (χ2v) is 5.97. The zero-order chi connectivity index (χ0) is 15.3. The molecule has 1 aromatic carbocycles. The molecule has 1 aromatic rings. The Morgan fingerprint density at radius 2 is 1.82 bits per heavy atom. The third-order valence-electron chi connectivity index (χ3n) is 3.48. The van der Waals surface area contributed by atoms with Crippen molar-refractivity contribution >= 4 is 24.2 Å². The van der Waals surface area contributed by atoms with E-state index in [-0.39, 0.29) is 41.5 Å².